The average molecular weight is 292 g/mol. The van der Waals surface area contributed by atoms with Crippen LogP contribution in [0.4, 0.5) is 0 Å². The van der Waals surface area contributed by atoms with Crippen molar-refractivity contribution in [2.75, 3.05) is 0 Å². The van der Waals surface area contributed by atoms with Crippen molar-refractivity contribution in [1.29, 1.82) is 0 Å². The third-order valence-corrected chi connectivity index (χ3v) is 3.62. The first kappa shape index (κ1) is 12.3. The smallest absolute Gasteiger partial charge is 0.248 e. The van der Waals surface area contributed by atoms with Crippen molar-refractivity contribution in [3.63, 3.8) is 0 Å². The van der Waals surface area contributed by atoms with Gasteiger partial charge in [0.05, 0.1) is 0 Å². The Kier molecular flexibility index (Phi) is 3.11. The van der Waals surface area contributed by atoms with Gasteiger partial charge < -0.3 is 0 Å². The maximum absolute atomic E-state index is 11.0. The van der Waals surface area contributed by atoms with Gasteiger partial charge in [0.15, 0.2) is 5.82 Å². The molecule has 0 spiro atoms. The molecule has 0 atom stereocenters. The molecule has 5 nitrogen and oxygen atoms in total. The van der Waals surface area contributed by atoms with Crippen LogP contribution in [0.15, 0.2) is 23.4 Å². The number of aryl methyl sites for hydroxylation is 1. The van der Waals surface area contributed by atoms with E-state index in [0.717, 1.165) is 5.56 Å². The second-order valence-electron chi connectivity index (χ2n) is 3.37. The third-order valence-electron chi connectivity index (χ3n) is 2.11. The Morgan fingerprint density at radius 3 is 2.59 bits per heavy atom. The van der Waals surface area contributed by atoms with Crippen LogP contribution in [0, 0.1) is 6.92 Å². The summed E-state index contributed by atoms with van der Waals surface area (Å²) in [7, 11) is 1.24. The molecule has 0 aliphatic heterocycles. The van der Waals surface area contributed by atoms with E-state index >= 15 is 0 Å². The van der Waals surface area contributed by atoms with Crippen LogP contribution in [0.2, 0.25) is 5.02 Å². The summed E-state index contributed by atoms with van der Waals surface area (Å²) in [5.41, 5.74) is 1.51. The van der Waals surface area contributed by atoms with Crippen LogP contribution < -0.4 is 0 Å². The van der Waals surface area contributed by atoms with E-state index in [1.807, 2.05) is 6.92 Å². The lowest BCUT2D eigenvalue weighted by atomic mass is 10.1. The van der Waals surface area contributed by atoms with Gasteiger partial charge in [-0.3, -0.25) is 0 Å². The Morgan fingerprint density at radius 2 is 2.06 bits per heavy atom. The normalized spacial score (nSPS) is 11.7. The minimum atomic E-state index is -3.89. The van der Waals surface area contributed by atoms with Crippen molar-refractivity contribution in [2.24, 2.45) is 0 Å². The second kappa shape index (κ2) is 4.29. The standard InChI is InChI=1S/C9H7Cl2N3O2S/c1-5-4-6(2-3-7(5)10)8-12-9(14-13-8)17(11,15)16/h2-4H,1H3,(H,12,13,14). The van der Waals surface area contributed by atoms with Crippen molar-refractivity contribution in [1.82, 2.24) is 15.2 Å². The highest BCUT2D eigenvalue weighted by Crippen LogP contribution is 2.23. The molecule has 0 aliphatic rings. The molecule has 0 bridgehead atoms. The van der Waals surface area contributed by atoms with Gasteiger partial charge in [-0.1, -0.05) is 11.6 Å². The highest BCUT2D eigenvalue weighted by atomic mass is 35.7. The van der Waals surface area contributed by atoms with Crippen LogP contribution in [0.1, 0.15) is 5.56 Å². The van der Waals surface area contributed by atoms with Crippen LogP contribution in [0.5, 0.6) is 0 Å². The van der Waals surface area contributed by atoms with Crippen molar-refractivity contribution in [3.05, 3.63) is 28.8 Å². The molecule has 2 rings (SSSR count). The van der Waals surface area contributed by atoms with Crippen LogP contribution in [0.25, 0.3) is 11.4 Å². The van der Waals surface area contributed by atoms with Crippen LogP contribution >= 0.6 is 22.3 Å². The fourth-order valence-electron chi connectivity index (χ4n) is 1.27. The Morgan fingerprint density at radius 1 is 1.35 bits per heavy atom. The van der Waals surface area contributed by atoms with Gasteiger partial charge in [-0.15, -0.1) is 0 Å². The minimum Gasteiger partial charge on any atom is -0.248 e. The van der Waals surface area contributed by atoms with Gasteiger partial charge in [-0.25, -0.2) is 13.5 Å². The number of rotatable bonds is 2. The SMILES string of the molecule is Cc1cc(-c2n[nH]c(S(=O)(=O)Cl)n2)ccc1Cl. The number of hydrogen-bond acceptors (Lipinski definition) is 4. The van der Waals surface area contributed by atoms with E-state index in [1.165, 1.54) is 0 Å². The fraction of sp³-hybridized carbons (Fsp3) is 0.111. The molecule has 0 saturated heterocycles. The number of H-pyrrole nitrogens is 1. The molecule has 90 valence electrons. The lowest BCUT2D eigenvalue weighted by molar-refractivity contribution is 0.602. The molecule has 2 aromatic rings. The molecular weight excluding hydrogens is 285 g/mol. The average Bonchev–Trinajstić information content (AvgIpc) is 2.70. The van der Waals surface area contributed by atoms with Crippen molar-refractivity contribution in [2.45, 2.75) is 12.1 Å². The highest BCUT2D eigenvalue weighted by Gasteiger charge is 2.16. The summed E-state index contributed by atoms with van der Waals surface area (Å²) in [5.74, 6) is 0.254. The first-order valence-electron chi connectivity index (χ1n) is 4.51. The van der Waals surface area contributed by atoms with Crippen molar-refractivity contribution in [3.8, 4) is 11.4 Å². The maximum Gasteiger partial charge on any atom is 0.296 e. The van der Waals surface area contributed by atoms with E-state index in [2.05, 4.69) is 15.2 Å². The van der Waals surface area contributed by atoms with E-state index in [4.69, 9.17) is 22.3 Å². The Labute approximate surface area is 107 Å². The predicted molar refractivity (Wildman–Crippen MR) is 64.6 cm³/mol. The summed E-state index contributed by atoms with van der Waals surface area (Å²) in [4.78, 5) is 3.79. The number of aromatic nitrogens is 3. The van der Waals surface area contributed by atoms with Gasteiger partial charge in [-0.05, 0) is 30.7 Å². The van der Waals surface area contributed by atoms with E-state index in [1.54, 1.807) is 18.2 Å². The Bertz CT molecular complexity index is 667. The summed E-state index contributed by atoms with van der Waals surface area (Å²) >= 11 is 5.88. The monoisotopic (exact) mass is 291 g/mol. The zero-order valence-electron chi connectivity index (χ0n) is 8.61. The highest BCUT2D eigenvalue weighted by molar-refractivity contribution is 8.13. The number of nitrogens with one attached hydrogen (secondary N) is 1. The first-order chi connectivity index (χ1) is 7.88. The maximum atomic E-state index is 11.0. The number of aromatic amines is 1. The molecule has 0 unspecified atom stereocenters. The van der Waals surface area contributed by atoms with E-state index in [-0.39, 0.29) is 11.0 Å². The fourth-order valence-corrected chi connectivity index (χ4v) is 1.94. The number of benzene rings is 1. The van der Waals surface area contributed by atoms with E-state index in [0.29, 0.717) is 10.6 Å². The number of hydrogen-bond donors (Lipinski definition) is 1. The molecule has 1 aromatic heterocycles. The molecule has 1 heterocycles. The van der Waals surface area contributed by atoms with Gasteiger partial charge in [0.1, 0.15) is 0 Å². The van der Waals surface area contributed by atoms with Crippen LogP contribution in [0.3, 0.4) is 0 Å². The number of halogens is 2. The molecule has 0 amide bonds. The van der Waals surface area contributed by atoms with Crippen LogP contribution in [-0.4, -0.2) is 23.6 Å². The largest absolute Gasteiger partial charge is 0.296 e. The summed E-state index contributed by atoms with van der Waals surface area (Å²) in [5, 5.41) is 6.29. The van der Waals surface area contributed by atoms with Gasteiger partial charge in [0.2, 0.25) is 0 Å². The molecule has 1 aromatic carbocycles. The topological polar surface area (TPSA) is 75.7 Å². The van der Waals surface area contributed by atoms with E-state index in [9.17, 15) is 8.42 Å². The van der Waals surface area contributed by atoms with E-state index < -0.39 is 9.05 Å². The summed E-state index contributed by atoms with van der Waals surface area (Å²) in [6, 6.07) is 5.15. The van der Waals surface area contributed by atoms with Gasteiger partial charge in [0.25, 0.3) is 14.2 Å². The summed E-state index contributed by atoms with van der Waals surface area (Å²) < 4.78 is 22.0. The lowest BCUT2D eigenvalue weighted by Gasteiger charge is -1.99. The molecule has 1 N–H and O–H groups in total. The zero-order valence-corrected chi connectivity index (χ0v) is 10.9. The molecular formula is C9H7Cl2N3O2S. The number of nitrogens with zero attached hydrogens (tertiary/aromatic N) is 2. The van der Waals surface area contributed by atoms with Crippen molar-refractivity contribution < 1.29 is 8.42 Å². The predicted octanol–water partition coefficient (Wildman–Crippen LogP) is 2.36. The van der Waals surface area contributed by atoms with Gasteiger partial charge in [-0.2, -0.15) is 10.1 Å². The Balaban J connectivity index is 2.47. The summed E-state index contributed by atoms with van der Waals surface area (Å²) in [6.07, 6.45) is 0. The molecule has 0 fully saturated rings. The molecule has 0 radical (unpaired) electrons. The first-order valence-corrected chi connectivity index (χ1v) is 7.20. The van der Waals surface area contributed by atoms with Crippen LogP contribution in [-0.2, 0) is 9.05 Å². The zero-order chi connectivity index (χ0) is 12.6. The minimum absolute atomic E-state index is 0.254. The summed E-state index contributed by atoms with van der Waals surface area (Å²) in [6.45, 7) is 1.83. The molecule has 0 saturated carbocycles. The van der Waals surface area contributed by atoms with Crippen molar-refractivity contribution >= 4 is 31.3 Å². The Hall–Kier alpha value is -1.11. The lowest BCUT2D eigenvalue weighted by Crippen LogP contribution is -1.92. The third kappa shape index (κ3) is 2.59. The molecule has 8 heteroatoms. The molecule has 0 aliphatic carbocycles. The van der Waals surface area contributed by atoms with Gasteiger partial charge in [0, 0.05) is 21.3 Å². The quantitative estimate of drug-likeness (QED) is 0.862. The second-order valence-corrected chi connectivity index (χ2v) is 6.25. The molecule has 17 heavy (non-hydrogen) atoms. The van der Waals surface area contributed by atoms with Gasteiger partial charge >= 0.3 is 0 Å².